The molecule has 0 aromatic carbocycles. The number of thiophene rings is 1. The summed E-state index contributed by atoms with van der Waals surface area (Å²) in [5.74, 6) is 1.64. The number of carbonyl (C=O) groups excluding carboxylic acids is 1. The van der Waals surface area contributed by atoms with Crippen LogP contribution in [0.3, 0.4) is 0 Å². The summed E-state index contributed by atoms with van der Waals surface area (Å²) in [7, 11) is 3.61. The molecule has 0 radical (unpaired) electrons. The second kappa shape index (κ2) is 12.8. The smallest absolute Gasteiger partial charge is 0.263 e. The zero-order valence-electron chi connectivity index (χ0n) is 22.6. The number of hydrogen-bond acceptors (Lipinski definition) is 9. The number of nitrogens with zero attached hydrogens (tertiary/aromatic N) is 4. The van der Waals surface area contributed by atoms with Gasteiger partial charge >= 0.3 is 0 Å². The van der Waals surface area contributed by atoms with Crippen LogP contribution in [0.2, 0.25) is 0 Å². The number of amides is 1. The van der Waals surface area contributed by atoms with Crippen molar-refractivity contribution in [2.75, 3.05) is 50.9 Å². The van der Waals surface area contributed by atoms with Gasteiger partial charge in [0, 0.05) is 32.2 Å². The molecular weight excluding hydrogens is 496 g/mol. The van der Waals surface area contributed by atoms with Crippen LogP contribution in [0, 0.1) is 0 Å². The molecule has 1 amide bonds. The van der Waals surface area contributed by atoms with Crippen molar-refractivity contribution >= 4 is 44.9 Å². The molecule has 2 aliphatic rings. The van der Waals surface area contributed by atoms with Gasteiger partial charge in [-0.1, -0.05) is 12.8 Å². The quantitative estimate of drug-likeness (QED) is 0.261. The molecule has 1 aliphatic heterocycles. The first-order chi connectivity index (χ1) is 18.6. The molecule has 0 spiro atoms. The highest BCUT2D eigenvalue weighted by molar-refractivity contribution is 7.21. The maximum atomic E-state index is 12.9. The average Bonchev–Trinajstić information content (AvgIpc) is 3.59. The van der Waals surface area contributed by atoms with Crippen LogP contribution >= 0.6 is 11.3 Å². The highest BCUT2D eigenvalue weighted by Gasteiger charge is 2.29. The van der Waals surface area contributed by atoms with Crippen LogP contribution in [0.25, 0.3) is 10.2 Å². The van der Waals surface area contributed by atoms with Gasteiger partial charge in [0.1, 0.15) is 5.82 Å². The number of piperidine rings is 1. The molecule has 9 nitrogen and oxygen atoms in total. The van der Waals surface area contributed by atoms with Gasteiger partial charge in [-0.25, -0.2) is 15.0 Å². The number of nitrogens with one attached hydrogen (secondary N) is 4. The van der Waals surface area contributed by atoms with E-state index in [4.69, 9.17) is 4.98 Å². The van der Waals surface area contributed by atoms with Crippen LogP contribution in [0.15, 0.2) is 24.5 Å². The van der Waals surface area contributed by atoms with E-state index in [1.807, 2.05) is 38.6 Å². The van der Waals surface area contributed by atoms with E-state index in [0.717, 1.165) is 78.2 Å². The largest absolute Gasteiger partial charge is 0.384 e. The van der Waals surface area contributed by atoms with E-state index in [1.165, 1.54) is 37.0 Å². The molecule has 3 aromatic heterocycles. The Hall–Kier alpha value is -2.82. The average molecular weight is 537 g/mol. The summed E-state index contributed by atoms with van der Waals surface area (Å²) < 4.78 is 0.959. The molecule has 5 rings (SSSR count). The van der Waals surface area contributed by atoms with E-state index in [2.05, 4.69) is 31.2 Å². The Balaban J connectivity index is 1.17. The number of unbranched alkanes of at least 4 members (excludes halogenated alkanes) is 1. The van der Waals surface area contributed by atoms with Crippen molar-refractivity contribution in [3.8, 4) is 0 Å². The minimum atomic E-state index is 0.0483. The number of pyridine rings is 1. The lowest BCUT2D eigenvalue weighted by Gasteiger charge is -2.23. The Morgan fingerprint density at radius 3 is 2.58 bits per heavy atom. The van der Waals surface area contributed by atoms with E-state index in [9.17, 15) is 4.79 Å². The van der Waals surface area contributed by atoms with Crippen LogP contribution in [-0.4, -0.2) is 72.1 Å². The fraction of sp³-hybridized carbons (Fsp3) is 0.571. The summed E-state index contributed by atoms with van der Waals surface area (Å²) in [6.07, 6.45) is 13.0. The first kappa shape index (κ1) is 26.8. The first-order valence-corrected chi connectivity index (χ1v) is 14.8. The summed E-state index contributed by atoms with van der Waals surface area (Å²) in [6.45, 7) is 4.27. The van der Waals surface area contributed by atoms with E-state index in [-0.39, 0.29) is 5.91 Å². The summed E-state index contributed by atoms with van der Waals surface area (Å²) in [5.41, 5.74) is 3.01. The second-order valence-corrected chi connectivity index (χ2v) is 11.7. The molecule has 0 atom stereocenters. The maximum absolute atomic E-state index is 12.9. The molecule has 2 fully saturated rings. The number of hydrogen-bond donors (Lipinski definition) is 4. The molecule has 204 valence electrons. The van der Waals surface area contributed by atoms with E-state index < -0.39 is 0 Å². The van der Waals surface area contributed by atoms with Gasteiger partial charge < -0.3 is 26.2 Å². The van der Waals surface area contributed by atoms with Gasteiger partial charge in [0.05, 0.1) is 33.2 Å². The van der Waals surface area contributed by atoms with Gasteiger partial charge in [0.25, 0.3) is 5.91 Å². The molecule has 0 bridgehead atoms. The highest BCUT2D eigenvalue weighted by Crippen LogP contribution is 2.43. The lowest BCUT2D eigenvalue weighted by molar-refractivity contribution is 0.0831. The Kier molecular flexibility index (Phi) is 9.03. The standard InChI is InChI=1S/C28H40N8OS/c1-36(2)27(37)26-24(19-7-3-4-8-19)25-22(38-26)18-33-28(35-25)34-23-10-9-21(17-32-23)31-14-6-5-13-30-20-11-15-29-16-12-20/h9-10,17-20,29-31H,3-8,11-16H2,1-2H3,(H,32,33,34,35). The molecule has 4 heterocycles. The van der Waals surface area contributed by atoms with Crippen molar-refractivity contribution in [2.45, 2.75) is 63.3 Å². The summed E-state index contributed by atoms with van der Waals surface area (Å²) in [4.78, 5) is 29.3. The predicted octanol–water partition coefficient (Wildman–Crippen LogP) is 4.72. The zero-order chi connectivity index (χ0) is 26.3. The number of carbonyl (C=O) groups is 1. The minimum Gasteiger partial charge on any atom is -0.384 e. The van der Waals surface area contributed by atoms with Crippen molar-refractivity contribution in [3.05, 3.63) is 35.0 Å². The number of anilines is 3. The lowest BCUT2D eigenvalue weighted by Crippen LogP contribution is -2.40. The molecule has 4 N–H and O–H groups in total. The zero-order valence-corrected chi connectivity index (χ0v) is 23.4. The molecule has 10 heteroatoms. The van der Waals surface area contributed by atoms with E-state index in [0.29, 0.717) is 23.7 Å². The fourth-order valence-electron chi connectivity index (χ4n) is 5.43. The maximum Gasteiger partial charge on any atom is 0.263 e. The molecular formula is C28H40N8OS. The number of rotatable bonds is 11. The van der Waals surface area contributed by atoms with Crippen molar-refractivity contribution in [2.24, 2.45) is 0 Å². The number of aromatic nitrogens is 3. The minimum absolute atomic E-state index is 0.0483. The van der Waals surface area contributed by atoms with Crippen molar-refractivity contribution in [3.63, 3.8) is 0 Å². The third kappa shape index (κ3) is 6.59. The highest BCUT2D eigenvalue weighted by atomic mass is 32.1. The van der Waals surface area contributed by atoms with Crippen LogP contribution in [0.5, 0.6) is 0 Å². The Bertz CT molecular complexity index is 1200. The molecule has 38 heavy (non-hydrogen) atoms. The van der Waals surface area contributed by atoms with Crippen molar-refractivity contribution in [1.29, 1.82) is 0 Å². The van der Waals surface area contributed by atoms with Gasteiger partial charge in [-0.3, -0.25) is 4.79 Å². The van der Waals surface area contributed by atoms with Crippen molar-refractivity contribution < 1.29 is 4.79 Å². The Labute approximate surface area is 229 Å². The monoisotopic (exact) mass is 536 g/mol. The van der Waals surface area contributed by atoms with Crippen LogP contribution in [0.4, 0.5) is 17.5 Å². The van der Waals surface area contributed by atoms with Gasteiger partial charge in [-0.15, -0.1) is 11.3 Å². The molecule has 1 aliphatic carbocycles. The van der Waals surface area contributed by atoms with Crippen molar-refractivity contribution in [1.82, 2.24) is 30.5 Å². The second-order valence-electron chi connectivity index (χ2n) is 10.6. The summed E-state index contributed by atoms with van der Waals surface area (Å²) >= 11 is 1.51. The molecule has 0 unspecified atom stereocenters. The topological polar surface area (TPSA) is 107 Å². The third-order valence-corrected chi connectivity index (χ3v) is 8.66. The van der Waals surface area contributed by atoms with Crippen LogP contribution < -0.4 is 21.3 Å². The Morgan fingerprint density at radius 2 is 1.84 bits per heavy atom. The van der Waals surface area contributed by atoms with Crippen LogP contribution in [-0.2, 0) is 0 Å². The molecule has 1 saturated carbocycles. The molecule has 1 saturated heterocycles. The van der Waals surface area contributed by atoms with Gasteiger partial charge in [0.2, 0.25) is 5.95 Å². The predicted molar refractivity (Wildman–Crippen MR) is 156 cm³/mol. The molecule has 3 aromatic rings. The van der Waals surface area contributed by atoms with Gasteiger partial charge in [-0.2, -0.15) is 0 Å². The first-order valence-electron chi connectivity index (χ1n) is 14.0. The summed E-state index contributed by atoms with van der Waals surface area (Å²) in [5, 5.41) is 13.8. The van der Waals surface area contributed by atoms with E-state index >= 15 is 0 Å². The summed E-state index contributed by atoms with van der Waals surface area (Å²) in [6, 6.07) is 4.65. The SMILES string of the molecule is CN(C)C(=O)c1sc2cnc(Nc3ccc(NCCCCNC4CCNCC4)cn3)nc2c1C1CCCC1. The third-order valence-electron chi connectivity index (χ3n) is 7.54. The van der Waals surface area contributed by atoms with E-state index in [1.54, 1.807) is 4.90 Å². The number of fused-ring (bicyclic) bond motifs is 1. The fourth-order valence-corrected chi connectivity index (χ4v) is 6.65. The van der Waals surface area contributed by atoms with Gasteiger partial charge in [0.15, 0.2) is 0 Å². The normalized spacial score (nSPS) is 16.7. The Morgan fingerprint density at radius 1 is 1.05 bits per heavy atom. The van der Waals surface area contributed by atoms with Crippen LogP contribution in [0.1, 0.15) is 72.5 Å². The lowest BCUT2D eigenvalue weighted by atomic mass is 9.96. The van der Waals surface area contributed by atoms with Gasteiger partial charge in [-0.05, 0) is 76.2 Å².